The predicted octanol–water partition coefficient (Wildman–Crippen LogP) is 3.38. The van der Waals surface area contributed by atoms with Crippen LogP contribution in [-0.4, -0.2) is 13.1 Å². The molecule has 93 valence electrons. The maximum Gasteiger partial charge on any atom is 0.123 e. The molecule has 0 aliphatic heterocycles. The lowest BCUT2D eigenvalue weighted by Crippen LogP contribution is -2.30. The van der Waals surface area contributed by atoms with Crippen LogP contribution in [0.4, 0.5) is 4.39 Å². The molecule has 0 saturated carbocycles. The molecule has 2 atom stereocenters. The Labute approximate surface area is 108 Å². The molecular formula is C16H17FN. The molecule has 0 aliphatic rings. The molecule has 1 nitrogen and oxygen atoms in total. The summed E-state index contributed by atoms with van der Waals surface area (Å²) >= 11 is 0. The Morgan fingerprint density at radius 2 is 1.67 bits per heavy atom. The van der Waals surface area contributed by atoms with Crippen LogP contribution >= 0.6 is 0 Å². The van der Waals surface area contributed by atoms with Crippen molar-refractivity contribution in [3.05, 3.63) is 78.5 Å². The molecule has 2 rings (SSSR count). The molecule has 0 spiro atoms. The second-order valence-electron chi connectivity index (χ2n) is 4.34. The summed E-state index contributed by atoms with van der Waals surface area (Å²) in [6.07, 6.45) is 0. The maximum absolute atomic E-state index is 13.4. The van der Waals surface area contributed by atoms with E-state index in [9.17, 15) is 4.39 Å². The van der Waals surface area contributed by atoms with Crippen molar-refractivity contribution in [2.45, 2.75) is 12.0 Å². The normalized spacial score (nSPS) is 14.2. The quantitative estimate of drug-likeness (QED) is 0.866. The first kappa shape index (κ1) is 12.8. The molecule has 1 radical (unpaired) electrons. The number of likely N-dealkylation sites (N-methyl/N-ethyl adjacent to an activating group) is 1. The molecule has 18 heavy (non-hydrogen) atoms. The van der Waals surface area contributed by atoms with Gasteiger partial charge in [0.15, 0.2) is 0 Å². The lowest BCUT2D eigenvalue weighted by atomic mass is 9.86. The summed E-state index contributed by atoms with van der Waals surface area (Å²) in [6.45, 7) is 4.11. The van der Waals surface area contributed by atoms with E-state index in [1.807, 2.05) is 43.4 Å². The second-order valence-corrected chi connectivity index (χ2v) is 4.34. The van der Waals surface area contributed by atoms with Gasteiger partial charge in [0.1, 0.15) is 5.82 Å². The van der Waals surface area contributed by atoms with Gasteiger partial charge in [0, 0.05) is 12.0 Å². The zero-order valence-electron chi connectivity index (χ0n) is 10.4. The summed E-state index contributed by atoms with van der Waals surface area (Å²) in [5.41, 5.74) is 2.08. The van der Waals surface area contributed by atoms with Crippen molar-refractivity contribution in [3.8, 4) is 0 Å². The minimum Gasteiger partial charge on any atom is -0.316 e. The standard InChI is InChI=1S/C16H17FN/c1-12(18-2)16(13-7-4-3-5-8-13)14-9-6-10-15(17)11-14/h3-12,16,18H,1H2,2H3. The van der Waals surface area contributed by atoms with Crippen LogP contribution in [0.3, 0.4) is 0 Å². The van der Waals surface area contributed by atoms with Crippen LogP contribution in [0.2, 0.25) is 0 Å². The number of halogens is 1. The van der Waals surface area contributed by atoms with E-state index in [0.717, 1.165) is 11.1 Å². The second kappa shape index (κ2) is 5.78. The van der Waals surface area contributed by atoms with Crippen molar-refractivity contribution < 1.29 is 4.39 Å². The van der Waals surface area contributed by atoms with Gasteiger partial charge in [-0.25, -0.2) is 4.39 Å². The summed E-state index contributed by atoms with van der Waals surface area (Å²) in [4.78, 5) is 0. The van der Waals surface area contributed by atoms with Crippen molar-refractivity contribution in [2.24, 2.45) is 0 Å². The fraction of sp³-hybridized carbons (Fsp3) is 0.188. The van der Waals surface area contributed by atoms with Gasteiger partial charge in [0.2, 0.25) is 0 Å². The van der Waals surface area contributed by atoms with E-state index in [-0.39, 0.29) is 17.8 Å². The summed E-state index contributed by atoms with van der Waals surface area (Å²) < 4.78 is 13.4. The van der Waals surface area contributed by atoms with E-state index in [1.54, 1.807) is 12.1 Å². The smallest absolute Gasteiger partial charge is 0.123 e. The van der Waals surface area contributed by atoms with E-state index in [4.69, 9.17) is 0 Å². The topological polar surface area (TPSA) is 12.0 Å². The first-order valence-electron chi connectivity index (χ1n) is 6.03. The minimum absolute atomic E-state index is 0.00537. The molecule has 0 amide bonds. The third-order valence-electron chi connectivity index (χ3n) is 3.14. The number of hydrogen-bond donors (Lipinski definition) is 1. The molecule has 2 heteroatoms. The molecule has 0 bridgehead atoms. The minimum atomic E-state index is -0.211. The fourth-order valence-electron chi connectivity index (χ4n) is 2.18. The van der Waals surface area contributed by atoms with Gasteiger partial charge in [0.05, 0.1) is 0 Å². The molecule has 2 unspecified atom stereocenters. The molecule has 0 aliphatic carbocycles. The van der Waals surface area contributed by atoms with Gasteiger partial charge in [-0.05, 0) is 37.2 Å². The SMILES string of the molecule is [CH2]C(NC)C(c1ccccc1)c1cccc(F)c1. The van der Waals surface area contributed by atoms with Crippen LogP contribution in [-0.2, 0) is 0 Å². The van der Waals surface area contributed by atoms with E-state index >= 15 is 0 Å². The summed E-state index contributed by atoms with van der Waals surface area (Å²) in [5, 5.41) is 3.15. The number of rotatable bonds is 4. The Balaban J connectivity index is 2.43. The van der Waals surface area contributed by atoms with Crippen molar-refractivity contribution >= 4 is 0 Å². The zero-order valence-corrected chi connectivity index (χ0v) is 10.4. The number of hydrogen-bond acceptors (Lipinski definition) is 1. The van der Waals surface area contributed by atoms with Gasteiger partial charge in [-0.2, -0.15) is 0 Å². The Hall–Kier alpha value is -1.67. The van der Waals surface area contributed by atoms with Crippen molar-refractivity contribution in [1.82, 2.24) is 5.32 Å². The van der Waals surface area contributed by atoms with Crippen molar-refractivity contribution in [2.75, 3.05) is 7.05 Å². The maximum atomic E-state index is 13.4. The largest absolute Gasteiger partial charge is 0.316 e. The van der Waals surface area contributed by atoms with Crippen LogP contribution < -0.4 is 5.32 Å². The monoisotopic (exact) mass is 242 g/mol. The van der Waals surface area contributed by atoms with Crippen LogP contribution in [0, 0.1) is 12.7 Å². The highest BCUT2D eigenvalue weighted by molar-refractivity contribution is 5.35. The summed E-state index contributed by atoms with van der Waals surface area (Å²) in [6, 6.07) is 16.8. The molecule has 2 aromatic rings. The van der Waals surface area contributed by atoms with Crippen molar-refractivity contribution in [1.29, 1.82) is 0 Å². The number of benzene rings is 2. The molecule has 0 aromatic heterocycles. The average Bonchev–Trinajstić information content (AvgIpc) is 2.40. The molecule has 0 saturated heterocycles. The average molecular weight is 242 g/mol. The lowest BCUT2D eigenvalue weighted by molar-refractivity contribution is 0.582. The molecule has 0 heterocycles. The lowest BCUT2D eigenvalue weighted by Gasteiger charge is -2.24. The van der Waals surface area contributed by atoms with Crippen molar-refractivity contribution in [3.63, 3.8) is 0 Å². The van der Waals surface area contributed by atoms with E-state index < -0.39 is 0 Å². The molecule has 0 fully saturated rings. The molecule has 1 N–H and O–H groups in total. The van der Waals surface area contributed by atoms with Gasteiger partial charge in [-0.3, -0.25) is 0 Å². The van der Waals surface area contributed by atoms with Crippen LogP contribution in [0.25, 0.3) is 0 Å². The van der Waals surface area contributed by atoms with Gasteiger partial charge in [-0.15, -0.1) is 0 Å². The van der Waals surface area contributed by atoms with Gasteiger partial charge in [0.25, 0.3) is 0 Å². The van der Waals surface area contributed by atoms with E-state index in [2.05, 4.69) is 12.2 Å². The first-order valence-corrected chi connectivity index (χ1v) is 6.03. The highest BCUT2D eigenvalue weighted by Gasteiger charge is 2.20. The van der Waals surface area contributed by atoms with Crippen LogP contribution in [0.5, 0.6) is 0 Å². The fourth-order valence-corrected chi connectivity index (χ4v) is 2.18. The molecule has 2 aromatic carbocycles. The van der Waals surface area contributed by atoms with Gasteiger partial charge in [-0.1, -0.05) is 42.5 Å². The van der Waals surface area contributed by atoms with Crippen LogP contribution in [0.15, 0.2) is 54.6 Å². The summed E-state index contributed by atoms with van der Waals surface area (Å²) in [5.74, 6) is -0.163. The predicted molar refractivity (Wildman–Crippen MR) is 72.9 cm³/mol. The zero-order chi connectivity index (χ0) is 13.0. The van der Waals surface area contributed by atoms with Crippen LogP contribution in [0.1, 0.15) is 17.0 Å². The highest BCUT2D eigenvalue weighted by atomic mass is 19.1. The third-order valence-corrected chi connectivity index (χ3v) is 3.14. The van der Waals surface area contributed by atoms with Gasteiger partial charge < -0.3 is 5.32 Å². The summed E-state index contributed by atoms with van der Waals surface area (Å²) in [7, 11) is 1.87. The van der Waals surface area contributed by atoms with E-state index in [1.165, 1.54) is 6.07 Å². The Kier molecular flexibility index (Phi) is 4.11. The first-order chi connectivity index (χ1) is 8.72. The third kappa shape index (κ3) is 2.77. The Morgan fingerprint density at radius 1 is 1.00 bits per heavy atom. The highest BCUT2D eigenvalue weighted by Crippen LogP contribution is 2.28. The number of nitrogens with one attached hydrogen (secondary N) is 1. The van der Waals surface area contributed by atoms with E-state index in [0.29, 0.717) is 0 Å². The Morgan fingerprint density at radius 3 is 2.28 bits per heavy atom. The molecular weight excluding hydrogens is 225 g/mol. The Bertz CT molecular complexity index is 495. The van der Waals surface area contributed by atoms with Gasteiger partial charge >= 0.3 is 0 Å².